The van der Waals surface area contributed by atoms with Crippen molar-refractivity contribution < 1.29 is 31.9 Å². The van der Waals surface area contributed by atoms with Crippen molar-refractivity contribution in [2.75, 3.05) is 44.2 Å². The van der Waals surface area contributed by atoms with E-state index in [9.17, 15) is 31.9 Å². The summed E-state index contributed by atoms with van der Waals surface area (Å²) in [5.74, 6) is -5.08. The number of benzene rings is 1. The van der Waals surface area contributed by atoms with Crippen LogP contribution in [0.1, 0.15) is 12.0 Å². The first-order valence-corrected chi connectivity index (χ1v) is 10.8. The van der Waals surface area contributed by atoms with Crippen LogP contribution in [0.5, 0.6) is 5.75 Å². The second kappa shape index (κ2) is 8.20. The summed E-state index contributed by atoms with van der Waals surface area (Å²) in [7, 11) is 1.47. The Morgan fingerprint density at radius 2 is 1.69 bits per heavy atom. The van der Waals surface area contributed by atoms with Crippen LogP contribution in [0, 0.1) is 11.6 Å². The van der Waals surface area contributed by atoms with Crippen molar-refractivity contribution in [1.82, 2.24) is 29.5 Å². The Morgan fingerprint density at radius 1 is 1.03 bits per heavy atom. The Bertz CT molecular complexity index is 1310. The fourth-order valence-electron chi connectivity index (χ4n) is 4.19. The van der Waals surface area contributed by atoms with Gasteiger partial charge in [0.15, 0.2) is 23.0 Å². The van der Waals surface area contributed by atoms with Gasteiger partial charge in [-0.25, -0.2) is 23.2 Å². The molecule has 1 N–H and O–H groups in total. The van der Waals surface area contributed by atoms with E-state index in [1.54, 1.807) is 9.80 Å². The van der Waals surface area contributed by atoms with Crippen molar-refractivity contribution in [3.05, 3.63) is 29.5 Å². The van der Waals surface area contributed by atoms with Crippen LogP contribution < -0.4 is 4.90 Å². The molecular formula is C21H20F5N7O2. The number of hydrogen-bond acceptors (Lipinski definition) is 6. The maximum absolute atomic E-state index is 14.6. The summed E-state index contributed by atoms with van der Waals surface area (Å²) in [5.41, 5.74) is -2.59. The second-order valence-electron chi connectivity index (χ2n) is 8.42. The molecule has 2 saturated heterocycles. The number of urea groups is 1. The van der Waals surface area contributed by atoms with Crippen LogP contribution in [0.4, 0.5) is 32.7 Å². The number of likely N-dealkylation sites (tertiary alicyclic amines) is 1. The van der Waals surface area contributed by atoms with Gasteiger partial charge in [0, 0.05) is 58.1 Å². The van der Waals surface area contributed by atoms with Gasteiger partial charge in [0.05, 0.1) is 10.9 Å². The molecule has 5 rings (SSSR count). The topological polar surface area (TPSA) is 90.6 Å². The third kappa shape index (κ3) is 3.86. The summed E-state index contributed by atoms with van der Waals surface area (Å²) in [6.45, 7) is 3.44. The molecule has 14 heteroatoms. The predicted octanol–water partition coefficient (Wildman–Crippen LogP) is 2.98. The highest BCUT2D eigenvalue weighted by atomic mass is 19.4. The molecule has 0 bridgehead atoms. The minimum absolute atomic E-state index is 0.00588. The number of alkyl halides is 3. The molecular weight excluding hydrogens is 477 g/mol. The molecule has 9 nitrogen and oxygen atoms in total. The first kappa shape index (κ1) is 23.1. The number of hydrogen-bond donors (Lipinski definition) is 1. The minimum Gasteiger partial charge on any atom is -0.503 e. The van der Waals surface area contributed by atoms with E-state index in [0.717, 1.165) is 19.5 Å². The first-order valence-electron chi connectivity index (χ1n) is 10.8. The lowest BCUT2D eigenvalue weighted by Crippen LogP contribution is -2.56. The Kier molecular flexibility index (Phi) is 5.40. The molecule has 0 atom stereocenters. The van der Waals surface area contributed by atoms with Gasteiger partial charge in [0.1, 0.15) is 5.69 Å². The summed E-state index contributed by atoms with van der Waals surface area (Å²) < 4.78 is 69.4. The molecule has 2 fully saturated rings. The summed E-state index contributed by atoms with van der Waals surface area (Å²) in [6.07, 6.45) is -2.85. The average molecular weight is 497 g/mol. The normalized spacial score (nSPS) is 16.7. The third-order valence-corrected chi connectivity index (χ3v) is 6.27. The number of anilines is 1. The SMILES string of the molecule is Cn1nc(-c2cc(C(F)(F)F)c(F)c(O)c2F)c2cnc(N3CCN(C(=O)N4CCC4)CC3)nc21. The van der Waals surface area contributed by atoms with Gasteiger partial charge in [0.2, 0.25) is 5.95 Å². The molecule has 3 aromatic rings. The van der Waals surface area contributed by atoms with Gasteiger partial charge in [-0.05, 0) is 12.5 Å². The van der Waals surface area contributed by atoms with Crippen LogP contribution in [0.25, 0.3) is 22.3 Å². The van der Waals surface area contributed by atoms with Crippen LogP contribution in [0.3, 0.4) is 0 Å². The molecule has 0 unspecified atom stereocenters. The number of nitrogens with zero attached hydrogens (tertiary/aromatic N) is 7. The number of aromatic hydroxyl groups is 1. The maximum Gasteiger partial charge on any atom is 0.419 e. The molecule has 0 radical (unpaired) electrons. The van der Waals surface area contributed by atoms with Gasteiger partial charge in [-0.2, -0.15) is 23.3 Å². The monoisotopic (exact) mass is 497 g/mol. The predicted molar refractivity (Wildman–Crippen MR) is 114 cm³/mol. The van der Waals surface area contributed by atoms with E-state index in [4.69, 9.17) is 0 Å². The number of piperazine rings is 1. The molecule has 1 aromatic carbocycles. The second-order valence-corrected chi connectivity index (χ2v) is 8.42. The first-order chi connectivity index (χ1) is 16.6. The fourth-order valence-corrected chi connectivity index (χ4v) is 4.19. The van der Waals surface area contributed by atoms with Crippen molar-refractivity contribution in [2.45, 2.75) is 12.6 Å². The van der Waals surface area contributed by atoms with Crippen molar-refractivity contribution in [3.8, 4) is 17.0 Å². The number of aromatic nitrogens is 4. The number of phenols is 1. The Labute approximate surface area is 195 Å². The van der Waals surface area contributed by atoms with Crippen LogP contribution in [0.15, 0.2) is 12.3 Å². The number of aryl methyl sites for hydroxylation is 1. The smallest absolute Gasteiger partial charge is 0.419 e. The Hall–Kier alpha value is -3.71. The quantitative estimate of drug-likeness (QED) is 0.548. The van der Waals surface area contributed by atoms with E-state index < -0.39 is 34.7 Å². The third-order valence-electron chi connectivity index (χ3n) is 6.27. The Balaban J connectivity index is 1.45. The largest absolute Gasteiger partial charge is 0.503 e. The van der Waals surface area contributed by atoms with Gasteiger partial charge in [-0.1, -0.05) is 0 Å². The Morgan fingerprint density at radius 3 is 2.29 bits per heavy atom. The van der Waals surface area contributed by atoms with E-state index in [1.165, 1.54) is 17.9 Å². The van der Waals surface area contributed by atoms with Crippen molar-refractivity contribution in [1.29, 1.82) is 0 Å². The highest BCUT2D eigenvalue weighted by Gasteiger charge is 2.38. The van der Waals surface area contributed by atoms with E-state index in [0.29, 0.717) is 32.1 Å². The van der Waals surface area contributed by atoms with Gasteiger partial charge >= 0.3 is 12.2 Å². The molecule has 35 heavy (non-hydrogen) atoms. The van der Waals surface area contributed by atoms with E-state index in [2.05, 4.69) is 15.1 Å². The zero-order valence-corrected chi connectivity index (χ0v) is 18.5. The van der Waals surface area contributed by atoms with Crippen LogP contribution >= 0.6 is 0 Å². The van der Waals surface area contributed by atoms with E-state index in [-0.39, 0.29) is 28.8 Å². The molecule has 186 valence electrons. The summed E-state index contributed by atoms with van der Waals surface area (Å²) in [6, 6.07) is 0.278. The molecule has 2 amide bonds. The summed E-state index contributed by atoms with van der Waals surface area (Å²) in [5, 5.41) is 13.8. The molecule has 2 aliphatic heterocycles. The maximum atomic E-state index is 14.6. The van der Waals surface area contributed by atoms with Gasteiger partial charge < -0.3 is 19.8 Å². The van der Waals surface area contributed by atoms with E-state index >= 15 is 0 Å². The minimum atomic E-state index is -5.16. The molecule has 2 aromatic heterocycles. The number of fused-ring (bicyclic) bond motifs is 1. The number of carbonyl (C=O) groups is 1. The molecule has 0 saturated carbocycles. The number of amides is 2. The number of halogens is 5. The zero-order valence-electron chi connectivity index (χ0n) is 18.5. The van der Waals surface area contributed by atoms with Crippen LogP contribution in [-0.2, 0) is 13.2 Å². The fraction of sp³-hybridized carbons (Fsp3) is 0.429. The molecule has 0 aliphatic carbocycles. The lowest BCUT2D eigenvalue weighted by Gasteiger charge is -2.40. The highest BCUT2D eigenvalue weighted by molar-refractivity contribution is 5.91. The summed E-state index contributed by atoms with van der Waals surface area (Å²) >= 11 is 0. The van der Waals surface area contributed by atoms with Gasteiger partial charge in [-0.15, -0.1) is 0 Å². The summed E-state index contributed by atoms with van der Waals surface area (Å²) in [4.78, 5) is 26.5. The van der Waals surface area contributed by atoms with E-state index in [1.807, 2.05) is 4.90 Å². The average Bonchev–Trinajstić information content (AvgIpc) is 3.11. The highest BCUT2D eigenvalue weighted by Crippen LogP contribution is 2.41. The lowest BCUT2D eigenvalue weighted by atomic mass is 10.0. The van der Waals surface area contributed by atoms with Gasteiger partial charge in [-0.3, -0.25) is 0 Å². The number of rotatable bonds is 2. The van der Waals surface area contributed by atoms with Crippen molar-refractivity contribution in [2.24, 2.45) is 7.05 Å². The standard InChI is InChI=1S/C21H20F5N7O2/c1-30-18-12(16(29-30)11-9-13(21(24,25)26)15(23)17(34)14(11)22)10-27-19(28-18)31-5-7-33(8-6-31)20(35)32-3-2-4-32/h9-10,34H,2-8H2,1H3. The molecule has 0 spiro atoms. The molecule has 2 aliphatic rings. The molecule has 4 heterocycles. The van der Waals surface area contributed by atoms with Crippen LogP contribution in [0.2, 0.25) is 0 Å². The number of phenolic OH excluding ortho intramolecular Hbond substituents is 1. The van der Waals surface area contributed by atoms with Gasteiger partial charge in [0.25, 0.3) is 0 Å². The zero-order chi connectivity index (χ0) is 25.1. The van der Waals surface area contributed by atoms with Crippen LogP contribution in [-0.4, -0.2) is 80.0 Å². The lowest BCUT2D eigenvalue weighted by molar-refractivity contribution is -0.140. The number of carbonyl (C=O) groups excluding carboxylic acids is 1. The van der Waals surface area contributed by atoms with Crippen molar-refractivity contribution in [3.63, 3.8) is 0 Å². The van der Waals surface area contributed by atoms with Crippen molar-refractivity contribution >= 4 is 23.0 Å².